The number of piperidine rings is 2. The highest BCUT2D eigenvalue weighted by Gasteiger charge is 2.55. The van der Waals surface area contributed by atoms with E-state index in [0.717, 1.165) is 12.1 Å². The van der Waals surface area contributed by atoms with E-state index in [1.165, 1.54) is 23.5 Å². The number of nitrogens with zero attached hydrogens (tertiary/aromatic N) is 2. The summed E-state index contributed by atoms with van der Waals surface area (Å²) < 4.78 is 78.2. The number of rotatable bonds is 9. The van der Waals surface area contributed by atoms with E-state index in [1.807, 2.05) is 0 Å². The van der Waals surface area contributed by atoms with Gasteiger partial charge >= 0.3 is 6.36 Å². The highest BCUT2D eigenvalue weighted by atomic mass is 32.2. The predicted molar refractivity (Wildman–Crippen MR) is 117 cm³/mol. The van der Waals surface area contributed by atoms with Crippen molar-refractivity contribution in [2.24, 2.45) is 0 Å². The standard InChI is InChI=1S/C21H30F3N3O7S/c1-32-15-14-27(29)19(28)20(8-10-25-11-9-20)35(30,31)26-12-6-17(7-13-26)33-16-2-4-18(5-3-16)34-21(22,23)24/h2-5,17,25,29H,6-15H2,1H3. The zero-order valence-electron chi connectivity index (χ0n) is 19.3. The molecule has 0 spiro atoms. The lowest BCUT2D eigenvalue weighted by molar-refractivity contribution is -0.274. The molecule has 198 valence electrons. The molecule has 0 aromatic heterocycles. The molecular weight excluding hydrogens is 495 g/mol. The molecule has 1 aromatic carbocycles. The first-order valence-electron chi connectivity index (χ1n) is 11.2. The van der Waals surface area contributed by atoms with Crippen LogP contribution in [0.1, 0.15) is 25.7 Å². The van der Waals surface area contributed by atoms with Gasteiger partial charge in [-0.1, -0.05) is 0 Å². The molecule has 2 N–H and O–H groups in total. The second-order valence-electron chi connectivity index (χ2n) is 8.41. The SMILES string of the molecule is COCCN(O)C(=O)C1(S(=O)(=O)N2CCC(Oc3ccc(OC(F)(F)F)cc3)CC2)CCNCC1. The van der Waals surface area contributed by atoms with Gasteiger partial charge in [0.2, 0.25) is 10.0 Å². The van der Waals surface area contributed by atoms with Crippen molar-refractivity contribution in [3.63, 3.8) is 0 Å². The van der Waals surface area contributed by atoms with Gasteiger partial charge in [-0.2, -0.15) is 0 Å². The highest BCUT2D eigenvalue weighted by molar-refractivity contribution is 7.91. The third kappa shape index (κ3) is 6.55. The van der Waals surface area contributed by atoms with Crippen LogP contribution in [0.4, 0.5) is 13.2 Å². The molecule has 10 nitrogen and oxygen atoms in total. The van der Waals surface area contributed by atoms with Gasteiger partial charge in [-0.25, -0.2) is 17.8 Å². The molecule has 35 heavy (non-hydrogen) atoms. The lowest BCUT2D eigenvalue weighted by atomic mass is 9.95. The number of sulfonamides is 1. The van der Waals surface area contributed by atoms with Crippen molar-refractivity contribution >= 4 is 15.9 Å². The van der Waals surface area contributed by atoms with Gasteiger partial charge in [0.25, 0.3) is 5.91 Å². The zero-order valence-corrected chi connectivity index (χ0v) is 20.1. The topological polar surface area (TPSA) is 118 Å². The average molecular weight is 526 g/mol. The van der Waals surface area contributed by atoms with Crippen LogP contribution < -0.4 is 14.8 Å². The predicted octanol–water partition coefficient (Wildman–Crippen LogP) is 1.74. The van der Waals surface area contributed by atoms with E-state index in [2.05, 4.69) is 10.1 Å². The maximum absolute atomic E-state index is 13.7. The number of carbonyl (C=O) groups is 1. The van der Waals surface area contributed by atoms with E-state index in [-0.39, 0.29) is 50.9 Å². The lowest BCUT2D eigenvalue weighted by Crippen LogP contribution is -2.62. The molecule has 0 unspecified atom stereocenters. The number of nitrogens with one attached hydrogen (secondary N) is 1. The fraction of sp³-hybridized carbons (Fsp3) is 0.667. The van der Waals surface area contributed by atoms with Crippen molar-refractivity contribution in [1.29, 1.82) is 0 Å². The molecule has 0 atom stereocenters. The Labute approximate surface area is 201 Å². The Balaban J connectivity index is 1.64. The molecule has 2 saturated heterocycles. The fourth-order valence-corrected chi connectivity index (χ4v) is 6.51. The van der Waals surface area contributed by atoms with Crippen LogP contribution in [0.2, 0.25) is 0 Å². The Morgan fingerprint density at radius 1 is 1.17 bits per heavy atom. The molecule has 14 heteroatoms. The summed E-state index contributed by atoms with van der Waals surface area (Å²) in [6, 6.07) is 4.98. The number of alkyl halides is 3. The van der Waals surface area contributed by atoms with Gasteiger partial charge in [0, 0.05) is 20.2 Å². The van der Waals surface area contributed by atoms with E-state index >= 15 is 0 Å². The second kappa shape index (κ2) is 11.3. The Hall–Kier alpha value is -2.13. The molecule has 2 aliphatic heterocycles. The Bertz CT molecular complexity index is 946. The van der Waals surface area contributed by atoms with Crippen molar-refractivity contribution < 1.29 is 45.8 Å². The van der Waals surface area contributed by atoms with Crippen LogP contribution in [-0.2, 0) is 19.6 Å². The van der Waals surface area contributed by atoms with Crippen molar-refractivity contribution in [3.8, 4) is 11.5 Å². The third-order valence-electron chi connectivity index (χ3n) is 6.14. The van der Waals surface area contributed by atoms with Gasteiger partial charge in [-0.05, 0) is 63.0 Å². The molecule has 0 saturated carbocycles. The molecule has 3 rings (SSSR count). The first kappa shape index (κ1) is 27.5. The molecule has 2 fully saturated rings. The minimum absolute atomic E-state index is 0.0288. The van der Waals surface area contributed by atoms with Crippen LogP contribution in [0.25, 0.3) is 0 Å². The molecule has 2 aliphatic rings. The average Bonchev–Trinajstić information content (AvgIpc) is 2.83. The van der Waals surface area contributed by atoms with Crippen LogP contribution in [0, 0.1) is 0 Å². The molecule has 0 aliphatic carbocycles. The molecule has 0 radical (unpaired) electrons. The summed E-state index contributed by atoms with van der Waals surface area (Å²) in [6.45, 7) is 0.751. The van der Waals surface area contributed by atoms with E-state index < -0.39 is 27.0 Å². The number of carbonyl (C=O) groups excluding carboxylic acids is 1. The second-order valence-corrected chi connectivity index (χ2v) is 10.7. The van der Waals surface area contributed by atoms with Gasteiger partial charge in [-0.3, -0.25) is 10.0 Å². The van der Waals surface area contributed by atoms with Crippen LogP contribution >= 0.6 is 0 Å². The van der Waals surface area contributed by atoms with Crippen molar-refractivity contribution in [2.75, 3.05) is 46.4 Å². The summed E-state index contributed by atoms with van der Waals surface area (Å²) >= 11 is 0. The van der Waals surface area contributed by atoms with E-state index in [0.29, 0.717) is 36.7 Å². The van der Waals surface area contributed by atoms with Gasteiger partial charge in [0.15, 0.2) is 4.75 Å². The maximum atomic E-state index is 13.7. The van der Waals surface area contributed by atoms with Crippen molar-refractivity contribution in [3.05, 3.63) is 24.3 Å². The largest absolute Gasteiger partial charge is 0.573 e. The molecule has 2 heterocycles. The summed E-state index contributed by atoms with van der Waals surface area (Å²) in [5.74, 6) is -0.901. The van der Waals surface area contributed by atoms with E-state index in [4.69, 9.17) is 9.47 Å². The Morgan fingerprint density at radius 3 is 2.29 bits per heavy atom. The van der Waals surface area contributed by atoms with Gasteiger partial charge in [-0.15, -0.1) is 13.2 Å². The number of methoxy groups -OCH3 is 1. The summed E-state index contributed by atoms with van der Waals surface area (Å²) in [7, 11) is -2.70. The Kier molecular flexibility index (Phi) is 8.86. The summed E-state index contributed by atoms with van der Waals surface area (Å²) in [5, 5.41) is 13.7. The minimum atomic E-state index is -4.79. The number of halogens is 3. The third-order valence-corrected chi connectivity index (χ3v) is 8.75. The fourth-order valence-electron chi connectivity index (χ4n) is 4.28. The van der Waals surface area contributed by atoms with Crippen LogP contribution in [-0.4, -0.2) is 92.6 Å². The molecule has 1 aromatic rings. The summed E-state index contributed by atoms with van der Waals surface area (Å²) in [6.07, 6.45) is -4.43. The minimum Gasteiger partial charge on any atom is -0.490 e. The molecular formula is C21H30F3N3O7S. The van der Waals surface area contributed by atoms with Crippen molar-refractivity contribution in [2.45, 2.75) is 42.9 Å². The maximum Gasteiger partial charge on any atom is 0.573 e. The quantitative estimate of drug-likeness (QED) is 0.370. The number of ether oxygens (including phenoxy) is 3. The van der Waals surface area contributed by atoms with Gasteiger partial charge in [0.1, 0.15) is 17.6 Å². The van der Waals surface area contributed by atoms with Crippen LogP contribution in [0.3, 0.4) is 0 Å². The van der Waals surface area contributed by atoms with Crippen LogP contribution in [0.15, 0.2) is 24.3 Å². The lowest BCUT2D eigenvalue weighted by Gasteiger charge is -2.42. The van der Waals surface area contributed by atoms with Crippen LogP contribution in [0.5, 0.6) is 11.5 Å². The molecule has 1 amide bonds. The number of amides is 1. The zero-order chi connectivity index (χ0) is 25.7. The first-order valence-corrected chi connectivity index (χ1v) is 12.7. The summed E-state index contributed by atoms with van der Waals surface area (Å²) in [4.78, 5) is 13.1. The van der Waals surface area contributed by atoms with Crippen molar-refractivity contribution in [1.82, 2.24) is 14.7 Å². The normalized spacial score (nSPS) is 19.8. The van der Waals surface area contributed by atoms with Gasteiger partial charge in [0.05, 0.1) is 13.2 Å². The first-order chi connectivity index (χ1) is 16.5. The van der Waals surface area contributed by atoms with E-state index in [1.54, 1.807) is 0 Å². The number of benzene rings is 1. The number of hydrogen-bond acceptors (Lipinski definition) is 8. The Morgan fingerprint density at radius 2 is 1.74 bits per heavy atom. The number of hydroxylamine groups is 2. The van der Waals surface area contributed by atoms with E-state index in [9.17, 15) is 31.6 Å². The number of hydrogen-bond donors (Lipinski definition) is 2. The monoisotopic (exact) mass is 525 g/mol. The smallest absolute Gasteiger partial charge is 0.490 e. The summed E-state index contributed by atoms with van der Waals surface area (Å²) in [5.41, 5.74) is 0. The van der Waals surface area contributed by atoms with Gasteiger partial charge < -0.3 is 19.5 Å². The molecule has 0 bridgehead atoms. The highest BCUT2D eigenvalue weighted by Crippen LogP contribution is 2.35.